The minimum Gasteiger partial charge on any atom is -0.357 e. The Bertz CT molecular complexity index is 829. The standard InChI is InChI=1S/C16H12F3N5O/c17-16(18,19)11-3-1-2-4-13(11)24-6-5-12(15(24)25)23-14-9-21-10(7-20)8-22-14/h1-4,8-9,12H,5-6H2,(H,22,23). The van der Waals surface area contributed by atoms with Crippen LogP contribution in [-0.2, 0) is 11.0 Å². The summed E-state index contributed by atoms with van der Waals surface area (Å²) in [5.41, 5.74) is -0.874. The van der Waals surface area contributed by atoms with E-state index in [4.69, 9.17) is 5.26 Å². The predicted molar refractivity (Wildman–Crippen MR) is 82.6 cm³/mol. The molecule has 1 amide bonds. The first-order chi connectivity index (χ1) is 11.9. The number of amides is 1. The van der Waals surface area contributed by atoms with Crippen LogP contribution in [0.15, 0.2) is 36.7 Å². The lowest BCUT2D eigenvalue weighted by atomic mass is 10.1. The molecule has 1 unspecified atom stereocenters. The van der Waals surface area contributed by atoms with Gasteiger partial charge in [0.1, 0.15) is 17.9 Å². The normalized spacial score (nSPS) is 17.4. The SMILES string of the molecule is N#Cc1cnc(NC2CCN(c3ccccc3C(F)(F)F)C2=O)cn1. The minimum absolute atomic E-state index is 0.129. The van der Waals surface area contributed by atoms with Crippen molar-refractivity contribution in [3.8, 4) is 6.07 Å². The summed E-state index contributed by atoms with van der Waals surface area (Å²) in [4.78, 5) is 21.4. The molecule has 2 heterocycles. The van der Waals surface area contributed by atoms with Gasteiger partial charge < -0.3 is 10.2 Å². The van der Waals surface area contributed by atoms with Crippen LogP contribution < -0.4 is 10.2 Å². The number of rotatable bonds is 3. The zero-order valence-electron chi connectivity index (χ0n) is 12.8. The molecule has 1 atom stereocenters. The first-order valence-electron chi connectivity index (χ1n) is 7.36. The van der Waals surface area contributed by atoms with Crippen LogP contribution in [0.3, 0.4) is 0 Å². The van der Waals surface area contributed by atoms with Gasteiger partial charge in [0.2, 0.25) is 5.91 Å². The summed E-state index contributed by atoms with van der Waals surface area (Å²) in [6.07, 6.45) is -1.66. The zero-order chi connectivity index (χ0) is 18.0. The van der Waals surface area contributed by atoms with Crippen LogP contribution in [-0.4, -0.2) is 28.5 Å². The van der Waals surface area contributed by atoms with E-state index >= 15 is 0 Å². The molecule has 1 aromatic carbocycles. The average molecular weight is 347 g/mol. The monoisotopic (exact) mass is 347 g/mol. The molecule has 0 spiro atoms. The molecule has 1 fully saturated rings. The molecule has 3 rings (SSSR count). The molecule has 0 aliphatic carbocycles. The highest BCUT2D eigenvalue weighted by Crippen LogP contribution is 2.37. The molecule has 1 saturated heterocycles. The second-order valence-electron chi connectivity index (χ2n) is 5.39. The molecule has 0 saturated carbocycles. The quantitative estimate of drug-likeness (QED) is 0.923. The van der Waals surface area contributed by atoms with Gasteiger partial charge in [-0.2, -0.15) is 18.4 Å². The third kappa shape index (κ3) is 3.38. The van der Waals surface area contributed by atoms with E-state index in [1.807, 2.05) is 6.07 Å². The molecule has 1 N–H and O–H groups in total. The van der Waals surface area contributed by atoms with Crippen molar-refractivity contribution in [3.63, 3.8) is 0 Å². The number of anilines is 2. The number of hydrogen-bond donors (Lipinski definition) is 1. The minimum atomic E-state index is -4.54. The summed E-state index contributed by atoms with van der Waals surface area (Å²) >= 11 is 0. The van der Waals surface area contributed by atoms with E-state index in [-0.39, 0.29) is 23.7 Å². The largest absolute Gasteiger partial charge is 0.418 e. The predicted octanol–water partition coefficient (Wildman–Crippen LogP) is 2.58. The van der Waals surface area contributed by atoms with Gasteiger partial charge in [0.25, 0.3) is 0 Å². The molecule has 1 aliphatic heterocycles. The highest BCUT2D eigenvalue weighted by Gasteiger charge is 2.39. The van der Waals surface area contributed by atoms with Gasteiger partial charge in [-0.1, -0.05) is 12.1 Å². The fourth-order valence-electron chi connectivity index (χ4n) is 2.64. The fourth-order valence-corrected chi connectivity index (χ4v) is 2.64. The van der Waals surface area contributed by atoms with E-state index in [0.717, 1.165) is 11.0 Å². The van der Waals surface area contributed by atoms with Crippen LogP contribution in [0.1, 0.15) is 17.7 Å². The van der Waals surface area contributed by atoms with Crippen LogP contribution in [0, 0.1) is 11.3 Å². The summed E-state index contributed by atoms with van der Waals surface area (Å²) in [7, 11) is 0. The Hall–Kier alpha value is -3.15. The van der Waals surface area contributed by atoms with Crippen LogP contribution in [0.5, 0.6) is 0 Å². The van der Waals surface area contributed by atoms with E-state index in [2.05, 4.69) is 15.3 Å². The van der Waals surface area contributed by atoms with Crippen LogP contribution >= 0.6 is 0 Å². The highest BCUT2D eigenvalue weighted by molar-refractivity contribution is 6.01. The van der Waals surface area contributed by atoms with E-state index in [1.165, 1.54) is 30.6 Å². The maximum atomic E-state index is 13.1. The molecular formula is C16H12F3N5O. The number of para-hydroxylation sites is 1. The Morgan fingerprint density at radius 2 is 2.00 bits per heavy atom. The smallest absolute Gasteiger partial charge is 0.357 e. The third-order valence-electron chi connectivity index (χ3n) is 3.79. The number of halogens is 3. The van der Waals surface area contributed by atoms with Crippen molar-refractivity contribution in [3.05, 3.63) is 47.9 Å². The number of aromatic nitrogens is 2. The van der Waals surface area contributed by atoms with Crippen molar-refractivity contribution in [2.24, 2.45) is 0 Å². The number of nitrogens with one attached hydrogen (secondary N) is 1. The summed E-state index contributed by atoms with van der Waals surface area (Å²) in [5, 5.41) is 11.5. The van der Waals surface area contributed by atoms with Gasteiger partial charge in [0, 0.05) is 6.54 Å². The molecular weight excluding hydrogens is 335 g/mol. The Balaban J connectivity index is 1.79. The molecule has 9 heteroatoms. The van der Waals surface area contributed by atoms with Gasteiger partial charge in [-0.15, -0.1) is 0 Å². The molecule has 2 aromatic rings. The molecule has 25 heavy (non-hydrogen) atoms. The average Bonchev–Trinajstić information content (AvgIpc) is 2.95. The molecule has 1 aliphatic rings. The van der Waals surface area contributed by atoms with Gasteiger partial charge >= 0.3 is 6.18 Å². The maximum absolute atomic E-state index is 13.1. The lowest BCUT2D eigenvalue weighted by Gasteiger charge is -2.21. The van der Waals surface area contributed by atoms with Crippen molar-refractivity contribution in [2.45, 2.75) is 18.6 Å². The third-order valence-corrected chi connectivity index (χ3v) is 3.79. The maximum Gasteiger partial charge on any atom is 0.418 e. The Morgan fingerprint density at radius 3 is 2.64 bits per heavy atom. The Kier molecular flexibility index (Phi) is 4.27. The van der Waals surface area contributed by atoms with Crippen LogP contribution in [0.4, 0.5) is 24.7 Å². The summed E-state index contributed by atoms with van der Waals surface area (Å²) < 4.78 is 39.4. The van der Waals surface area contributed by atoms with Gasteiger partial charge in [0.05, 0.1) is 23.6 Å². The number of alkyl halides is 3. The van der Waals surface area contributed by atoms with Crippen molar-refractivity contribution < 1.29 is 18.0 Å². The van der Waals surface area contributed by atoms with E-state index in [1.54, 1.807) is 0 Å². The lowest BCUT2D eigenvalue weighted by molar-refractivity contribution is -0.137. The van der Waals surface area contributed by atoms with Crippen molar-refractivity contribution in [1.29, 1.82) is 5.26 Å². The van der Waals surface area contributed by atoms with E-state index in [0.29, 0.717) is 6.42 Å². The zero-order valence-corrected chi connectivity index (χ0v) is 12.8. The Morgan fingerprint density at radius 1 is 1.24 bits per heavy atom. The topological polar surface area (TPSA) is 81.9 Å². The second kappa shape index (κ2) is 6.39. The molecule has 1 aromatic heterocycles. The van der Waals surface area contributed by atoms with Gasteiger partial charge in [-0.3, -0.25) is 4.79 Å². The first-order valence-corrected chi connectivity index (χ1v) is 7.36. The number of hydrogen-bond acceptors (Lipinski definition) is 5. The number of nitrogens with zero attached hydrogens (tertiary/aromatic N) is 4. The van der Waals surface area contributed by atoms with Crippen LogP contribution in [0.25, 0.3) is 0 Å². The fraction of sp³-hybridized carbons (Fsp3) is 0.250. The second-order valence-corrected chi connectivity index (χ2v) is 5.39. The van der Waals surface area contributed by atoms with Crippen molar-refractivity contribution in [1.82, 2.24) is 9.97 Å². The summed E-state index contributed by atoms with van der Waals surface area (Å²) in [6, 6.07) is 6.10. The van der Waals surface area contributed by atoms with Gasteiger partial charge in [-0.05, 0) is 18.6 Å². The van der Waals surface area contributed by atoms with Gasteiger partial charge in [0.15, 0.2) is 5.69 Å². The molecule has 0 bridgehead atoms. The molecule has 0 radical (unpaired) electrons. The number of carbonyl (C=O) groups is 1. The summed E-state index contributed by atoms with van der Waals surface area (Å²) in [5.74, 6) is -0.189. The number of nitriles is 1. The highest BCUT2D eigenvalue weighted by atomic mass is 19.4. The summed E-state index contributed by atoms with van der Waals surface area (Å²) in [6.45, 7) is 0.160. The van der Waals surface area contributed by atoms with Crippen molar-refractivity contribution >= 4 is 17.4 Å². The van der Waals surface area contributed by atoms with Gasteiger partial charge in [-0.25, -0.2) is 9.97 Å². The van der Waals surface area contributed by atoms with E-state index < -0.39 is 23.7 Å². The van der Waals surface area contributed by atoms with E-state index in [9.17, 15) is 18.0 Å². The molecule has 6 nitrogen and oxygen atoms in total. The number of carbonyl (C=O) groups excluding carboxylic acids is 1. The first kappa shape index (κ1) is 16.7. The lowest BCUT2D eigenvalue weighted by Crippen LogP contribution is -2.34. The van der Waals surface area contributed by atoms with Crippen molar-refractivity contribution in [2.75, 3.05) is 16.8 Å². The van der Waals surface area contributed by atoms with Crippen LogP contribution in [0.2, 0.25) is 0 Å². The number of benzene rings is 1. The Labute approximate surface area is 140 Å². The molecule has 128 valence electrons.